The van der Waals surface area contributed by atoms with E-state index in [1.807, 2.05) is 11.8 Å². The molecule has 0 radical (unpaired) electrons. The third kappa shape index (κ3) is 4.28. The number of amidine groups is 1. The van der Waals surface area contributed by atoms with Crippen LogP contribution in [0.4, 0.5) is 0 Å². The van der Waals surface area contributed by atoms with Crippen LogP contribution in [0.2, 0.25) is 0 Å². The molecular formula is C6H15ClN2. The smallest absolute Gasteiger partial charge is 0.0925 e. The molecule has 0 atom stereocenters. The molecule has 0 bridgehead atoms. The summed E-state index contributed by atoms with van der Waals surface area (Å²) in [6, 6.07) is 0. The molecule has 1 N–H and O–H groups in total. The fraction of sp³-hybridized carbons (Fsp3) is 0.833. The van der Waals surface area contributed by atoms with Gasteiger partial charge >= 0.3 is 0 Å². The van der Waals surface area contributed by atoms with Gasteiger partial charge in [0.2, 0.25) is 0 Å². The van der Waals surface area contributed by atoms with Crippen molar-refractivity contribution in [3.63, 3.8) is 0 Å². The van der Waals surface area contributed by atoms with E-state index in [1.54, 1.807) is 0 Å². The number of rotatable bonds is 2. The molecule has 0 heterocycles. The lowest BCUT2D eigenvalue weighted by Gasteiger charge is -2.17. The average molecular weight is 151 g/mol. The van der Waals surface area contributed by atoms with Gasteiger partial charge in [-0.2, -0.15) is 0 Å². The van der Waals surface area contributed by atoms with Gasteiger partial charge in [-0.05, 0) is 20.8 Å². The molecule has 0 unspecified atom stereocenters. The predicted octanol–water partition coefficient (Wildman–Crippen LogP) is 1.75. The van der Waals surface area contributed by atoms with Crippen LogP contribution in [-0.2, 0) is 0 Å². The molecule has 0 saturated carbocycles. The zero-order valence-corrected chi connectivity index (χ0v) is 7.09. The molecule has 0 aromatic carbocycles. The highest BCUT2D eigenvalue weighted by atomic mass is 35.5. The monoisotopic (exact) mass is 150 g/mol. The summed E-state index contributed by atoms with van der Waals surface area (Å²) in [5.74, 6) is 0.662. The Morgan fingerprint density at radius 3 is 1.67 bits per heavy atom. The largest absolute Gasteiger partial charge is 0.361 e. The van der Waals surface area contributed by atoms with Gasteiger partial charge in [0, 0.05) is 13.1 Å². The van der Waals surface area contributed by atoms with Gasteiger partial charge in [-0.15, -0.1) is 12.4 Å². The third-order valence-electron chi connectivity index (χ3n) is 1.24. The number of halogens is 1. The van der Waals surface area contributed by atoms with E-state index in [2.05, 4.69) is 13.8 Å². The van der Waals surface area contributed by atoms with Crippen molar-refractivity contribution < 1.29 is 0 Å². The standard InChI is InChI=1S/C6H14N2.ClH/c1-4-8(5-2)6(3)7;/h7H,4-5H2,1-3H3;1H. The first kappa shape index (κ1) is 11.5. The van der Waals surface area contributed by atoms with Crippen LogP contribution < -0.4 is 0 Å². The van der Waals surface area contributed by atoms with Gasteiger partial charge in [0.15, 0.2) is 0 Å². The lowest BCUT2D eigenvalue weighted by molar-refractivity contribution is 0.460. The molecule has 2 nitrogen and oxygen atoms in total. The first-order chi connectivity index (χ1) is 3.72. The molecule has 9 heavy (non-hydrogen) atoms. The summed E-state index contributed by atoms with van der Waals surface area (Å²) in [7, 11) is 0. The SMILES string of the molecule is CCN(CC)C(C)=N.Cl. The van der Waals surface area contributed by atoms with Crippen molar-refractivity contribution in [2.24, 2.45) is 0 Å². The molecular weight excluding hydrogens is 136 g/mol. The summed E-state index contributed by atoms with van der Waals surface area (Å²) in [4.78, 5) is 2.00. The van der Waals surface area contributed by atoms with E-state index in [0.717, 1.165) is 13.1 Å². The third-order valence-corrected chi connectivity index (χ3v) is 1.24. The minimum absolute atomic E-state index is 0. The fourth-order valence-electron chi connectivity index (χ4n) is 0.698. The highest BCUT2D eigenvalue weighted by Gasteiger charge is 1.95. The van der Waals surface area contributed by atoms with Crippen molar-refractivity contribution in [1.82, 2.24) is 4.90 Å². The summed E-state index contributed by atoms with van der Waals surface area (Å²) >= 11 is 0. The maximum atomic E-state index is 7.18. The molecule has 56 valence electrons. The van der Waals surface area contributed by atoms with Crippen LogP contribution >= 0.6 is 12.4 Å². The molecule has 0 aliphatic carbocycles. The Hall–Kier alpha value is -0.240. The van der Waals surface area contributed by atoms with E-state index in [9.17, 15) is 0 Å². The molecule has 0 fully saturated rings. The van der Waals surface area contributed by atoms with Crippen LogP contribution in [0.25, 0.3) is 0 Å². The van der Waals surface area contributed by atoms with E-state index >= 15 is 0 Å². The van der Waals surface area contributed by atoms with Gasteiger partial charge in [-0.3, -0.25) is 5.41 Å². The maximum Gasteiger partial charge on any atom is 0.0925 e. The molecule has 0 spiro atoms. The van der Waals surface area contributed by atoms with Crippen molar-refractivity contribution in [2.45, 2.75) is 20.8 Å². The Kier molecular flexibility index (Phi) is 7.55. The van der Waals surface area contributed by atoms with Gasteiger partial charge in [0.05, 0.1) is 5.84 Å². The molecule has 0 aromatic heterocycles. The summed E-state index contributed by atoms with van der Waals surface area (Å²) in [6.07, 6.45) is 0. The molecule has 0 aromatic rings. The van der Waals surface area contributed by atoms with Gasteiger partial charge in [0.25, 0.3) is 0 Å². The van der Waals surface area contributed by atoms with Crippen molar-refractivity contribution in [2.75, 3.05) is 13.1 Å². The molecule has 0 aliphatic heterocycles. The highest BCUT2D eigenvalue weighted by molar-refractivity contribution is 5.85. The highest BCUT2D eigenvalue weighted by Crippen LogP contribution is 1.85. The van der Waals surface area contributed by atoms with Crippen LogP contribution in [0, 0.1) is 5.41 Å². The van der Waals surface area contributed by atoms with Crippen molar-refractivity contribution in [3.05, 3.63) is 0 Å². The average Bonchev–Trinajstić information content (AvgIpc) is 1.69. The van der Waals surface area contributed by atoms with E-state index < -0.39 is 0 Å². The van der Waals surface area contributed by atoms with E-state index in [0.29, 0.717) is 5.84 Å². The van der Waals surface area contributed by atoms with Crippen LogP contribution in [0.3, 0.4) is 0 Å². The predicted molar refractivity (Wildman–Crippen MR) is 43.6 cm³/mol. The Bertz CT molecular complexity index is 79.1. The van der Waals surface area contributed by atoms with Crippen molar-refractivity contribution >= 4 is 18.2 Å². The second kappa shape index (κ2) is 5.89. The first-order valence-electron chi connectivity index (χ1n) is 3.02. The van der Waals surface area contributed by atoms with Crippen LogP contribution in [0.15, 0.2) is 0 Å². The topological polar surface area (TPSA) is 27.1 Å². The summed E-state index contributed by atoms with van der Waals surface area (Å²) in [6.45, 7) is 7.83. The molecule has 0 aliphatic rings. The van der Waals surface area contributed by atoms with E-state index in [4.69, 9.17) is 5.41 Å². The Labute approximate surface area is 63.2 Å². The summed E-state index contributed by atoms with van der Waals surface area (Å²) < 4.78 is 0. The first-order valence-corrected chi connectivity index (χ1v) is 3.02. The summed E-state index contributed by atoms with van der Waals surface area (Å²) in [5, 5.41) is 7.18. The second-order valence-electron chi connectivity index (χ2n) is 1.76. The lowest BCUT2D eigenvalue weighted by Crippen LogP contribution is -2.27. The van der Waals surface area contributed by atoms with Gasteiger partial charge in [-0.25, -0.2) is 0 Å². The van der Waals surface area contributed by atoms with Gasteiger partial charge in [-0.1, -0.05) is 0 Å². The van der Waals surface area contributed by atoms with Crippen LogP contribution in [-0.4, -0.2) is 23.8 Å². The Morgan fingerprint density at radius 2 is 1.67 bits per heavy atom. The number of hydrogen-bond donors (Lipinski definition) is 1. The Morgan fingerprint density at radius 1 is 1.33 bits per heavy atom. The molecule has 0 amide bonds. The normalized spacial score (nSPS) is 7.89. The molecule has 0 saturated heterocycles. The van der Waals surface area contributed by atoms with Crippen LogP contribution in [0.1, 0.15) is 20.8 Å². The molecule has 0 rings (SSSR count). The summed E-state index contributed by atoms with van der Waals surface area (Å²) in [5.41, 5.74) is 0. The maximum absolute atomic E-state index is 7.18. The van der Waals surface area contributed by atoms with Gasteiger partial charge in [0.1, 0.15) is 0 Å². The number of nitrogens with zero attached hydrogens (tertiary/aromatic N) is 1. The minimum atomic E-state index is 0. The quantitative estimate of drug-likeness (QED) is 0.471. The number of nitrogens with one attached hydrogen (secondary N) is 1. The van der Waals surface area contributed by atoms with Crippen LogP contribution in [0.5, 0.6) is 0 Å². The zero-order valence-electron chi connectivity index (χ0n) is 6.27. The van der Waals surface area contributed by atoms with Crippen molar-refractivity contribution in [3.8, 4) is 0 Å². The lowest BCUT2D eigenvalue weighted by atomic mass is 10.5. The molecule has 3 heteroatoms. The van der Waals surface area contributed by atoms with E-state index in [1.165, 1.54) is 0 Å². The number of hydrogen-bond acceptors (Lipinski definition) is 1. The minimum Gasteiger partial charge on any atom is -0.361 e. The fourth-order valence-corrected chi connectivity index (χ4v) is 0.698. The van der Waals surface area contributed by atoms with Gasteiger partial charge < -0.3 is 4.90 Å². The van der Waals surface area contributed by atoms with Crippen molar-refractivity contribution in [1.29, 1.82) is 5.41 Å². The Balaban J connectivity index is 0. The van der Waals surface area contributed by atoms with E-state index in [-0.39, 0.29) is 12.4 Å². The second-order valence-corrected chi connectivity index (χ2v) is 1.76. The zero-order chi connectivity index (χ0) is 6.57.